The molecule has 172 valence electrons. The van der Waals surface area contributed by atoms with Gasteiger partial charge in [-0.15, -0.1) is 24.0 Å². The zero-order chi connectivity index (χ0) is 22.5. The highest BCUT2D eigenvalue weighted by atomic mass is 127. The molecule has 0 saturated heterocycles. The van der Waals surface area contributed by atoms with E-state index in [0.717, 1.165) is 6.07 Å². The number of hydrogen-bond donors (Lipinski definition) is 4. The van der Waals surface area contributed by atoms with Gasteiger partial charge in [0.25, 0.3) is 0 Å². The number of nitrogens with one attached hydrogen (secondary N) is 3. The monoisotopic (exact) mass is 554 g/mol. The molecule has 0 aliphatic carbocycles. The molecule has 0 saturated carbocycles. The number of aliphatic hydroxyl groups is 1. The van der Waals surface area contributed by atoms with Crippen LogP contribution < -0.4 is 16.0 Å². The first-order valence-corrected chi connectivity index (χ1v) is 9.30. The van der Waals surface area contributed by atoms with Crippen molar-refractivity contribution in [2.45, 2.75) is 33.3 Å². The van der Waals surface area contributed by atoms with Crippen LogP contribution in [0.1, 0.15) is 30.9 Å². The number of carbonyl (C=O) groups is 1. The molecular weight excluding hydrogens is 528 g/mol. The van der Waals surface area contributed by atoms with Crippen LogP contribution in [0.4, 0.5) is 18.9 Å². The second-order valence-corrected chi connectivity index (χ2v) is 6.92. The maximum atomic E-state index is 13.7. The van der Waals surface area contributed by atoms with Gasteiger partial charge in [0.05, 0.1) is 12.2 Å². The van der Waals surface area contributed by atoms with Gasteiger partial charge in [-0.2, -0.15) is 0 Å². The van der Waals surface area contributed by atoms with Gasteiger partial charge in [-0.05, 0) is 45.9 Å². The zero-order valence-corrected chi connectivity index (χ0v) is 19.9. The lowest BCUT2D eigenvalue weighted by atomic mass is 9.96. The lowest BCUT2D eigenvalue weighted by molar-refractivity contribution is -0.114. The fourth-order valence-electron chi connectivity index (χ4n) is 2.82. The number of aliphatic imine (C=N–C) groups is 1. The molecule has 0 aliphatic rings. The van der Waals surface area contributed by atoms with E-state index in [2.05, 4.69) is 20.9 Å². The standard InChI is InChI=1S/C20H25F3N4O3.HI/c1-5-24-19(26-10-20(4,29)13-8-11(2)30-12(13)3)25-9-16(28)27-15-7-6-14(21)17(22)18(15)23;/h6-8,29H,5,9-10H2,1-4H3,(H,27,28)(H2,24,25,26);1H. The molecule has 7 nitrogen and oxygen atoms in total. The van der Waals surface area contributed by atoms with Crippen molar-refractivity contribution in [1.29, 1.82) is 0 Å². The number of nitrogens with zero attached hydrogens (tertiary/aromatic N) is 1. The number of rotatable bonds is 7. The molecule has 1 aromatic carbocycles. The summed E-state index contributed by atoms with van der Waals surface area (Å²) in [6, 6.07) is 3.38. The van der Waals surface area contributed by atoms with Crippen molar-refractivity contribution in [3.8, 4) is 0 Å². The van der Waals surface area contributed by atoms with Gasteiger partial charge in [-0.1, -0.05) is 0 Å². The molecule has 2 rings (SSSR count). The molecule has 4 N–H and O–H groups in total. The molecule has 1 atom stereocenters. The number of furan rings is 1. The predicted octanol–water partition coefficient (Wildman–Crippen LogP) is 3.33. The Hall–Kier alpha value is -2.28. The number of carbonyl (C=O) groups excluding carboxylic acids is 1. The number of amides is 1. The van der Waals surface area contributed by atoms with E-state index in [1.54, 1.807) is 26.8 Å². The van der Waals surface area contributed by atoms with Gasteiger partial charge in [-0.3, -0.25) is 4.79 Å². The Balaban J connectivity index is 0.00000480. The lowest BCUT2D eigenvalue weighted by Crippen LogP contribution is -2.45. The number of hydrogen-bond acceptors (Lipinski definition) is 4. The molecule has 1 aromatic heterocycles. The van der Waals surface area contributed by atoms with E-state index < -0.39 is 41.2 Å². The minimum atomic E-state index is -1.67. The minimum Gasteiger partial charge on any atom is -0.466 e. The van der Waals surface area contributed by atoms with Gasteiger partial charge >= 0.3 is 0 Å². The number of benzene rings is 1. The Bertz CT molecular complexity index is 948. The molecule has 1 amide bonds. The van der Waals surface area contributed by atoms with Crippen molar-refractivity contribution >= 4 is 41.5 Å². The van der Waals surface area contributed by atoms with Crippen molar-refractivity contribution < 1.29 is 27.5 Å². The maximum absolute atomic E-state index is 13.7. The van der Waals surface area contributed by atoms with E-state index >= 15 is 0 Å². The fraction of sp³-hybridized carbons (Fsp3) is 0.400. The summed E-state index contributed by atoms with van der Waals surface area (Å²) >= 11 is 0. The first-order valence-electron chi connectivity index (χ1n) is 9.30. The predicted molar refractivity (Wildman–Crippen MR) is 122 cm³/mol. The van der Waals surface area contributed by atoms with E-state index in [1.165, 1.54) is 0 Å². The van der Waals surface area contributed by atoms with E-state index in [4.69, 9.17) is 4.42 Å². The van der Waals surface area contributed by atoms with E-state index in [0.29, 0.717) is 29.7 Å². The van der Waals surface area contributed by atoms with Crippen molar-refractivity contribution in [1.82, 2.24) is 10.6 Å². The van der Waals surface area contributed by atoms with Crippen LogP contribution in [0.15, 0.2) is 27.6 Å². The van der Waals surface area contributed by atoms with E-state index in [9.17, 15) is 23.1 Å². The summed E-state index contributed by atoms with van der Waals surface area (Å²) in [7, 11) is 0. The summed E-state index contributed by atoms with van der Waals surface area (Å²) < 4.78 is 45.3. The number of halogens is 4. The highest BCUT2D eigenvalue weighted by Gasteiger charge is 2.28. The number of anilines is 1. The first-order chi connectivity index (χ1) is 14.0. The molecule has 0 bridgehead atoms. The van der Waals surface area contributed by atoms with Gasteiger partial charge in [0.2, 0.25) is 5.91 Å². The highest BCUT2D eigenvalue weighted by Crippen LogP contribution is 2.26. The SMILES string of the molecule is CCNC(=NCC(=O)Nc1ccc(F)c(F)c1F)NCC(C)(O)c1cc(C)oc1C.I. The Morgan fingerprint density at radius 1 is 1.19 bits per heavy atom. The quantitative estimate of drug-likeness (QED) is 0.182. The first kappa shape index (κ1) is 26.8. The van der Waals surface area contributed by atoms with Crippen molar-refractivity contribution in [2.24, 2.45) is 4.99 Å². The maximum Gasteiger partial charge on any atom is 0.246 e. The average molecular weight is 554 g/mol. The summed E-state index contributed by atoms with van der Waals surface area (Å²) in [6.07, 6.45) is 0. The summed E-state index contributed by atoms with van der Waals surface area (Å²) in [4.78, 5) is 16.1. The van der Waals surface area contributed by atoms with Crippen molar-refractivity contribution in [2.75, 3.05) is 25.0 Å². The van der Waals surface area contributed by atoms with Crippen molar-refractivity contribution in [3.05, 3.63) is 52.7 Å². The molecule has 0 fully saturated rings. The van der Waals surface area contributed by atoms with E-state index in [1.807, 2.05) is 6.92 Å². The van der Waals surface area contributed by atoms with E-state index in [-0.39, 0.29) is 36.5 Å². The normalized spacial score (nSPS) is 13.2. The van der Waals surface area contributed by atoms with Gasteiger partial charge in [0.1, 0.15) is 23.7 Å². The summed E-state index contributed by atoms with van der Waals surface area (Å²) in [6.45, 7) is 7.09. The number of guanidine groups is 1. The van der Waals surface area contributed by atoms with Crippen LogP contribution in [0.2, 0.25) is 0 Å². The summed E-state index contributed by atoms with van der Waals surface area (Å²) in [5.41, 5.74) is -1.13. The topological polar surface area (TPSA) is 98.9 Å². The number of aryl methyl sites for hydroxylation is 2. The van der Waals surface area contributed by atoms with Crippen LogP contribution in [0, 0.1) is 31.3 Å². The molecule has 0 radical (unpaired) electrons. The van der Waals surface area contributed by atoms with Gasteiger partial charge in [0.15, 0.2) is 23.4 Å². The summed E-state index contributed by atoms with van der Waals surface area (Å²) in [5.74, 6) is -3.74. The Labute approximate surface area is 195 Å². The third-order valence-corrected chi connectivity index (χ3v) is 4.26. The van der Waals surface area contributed by atoms with Gasteiger partial charge in [0, 0.05) is 12.1 Å². The smallest absolute Gasteiger partial charge is 0.246 e. The third-order valence-electron chi connectivity index (χ3n) is 4.26. The van der Waals surface area contributed by atoms with Crippen LogP contribution in [0.5, 0.6) is 0 Å². The molecule has 11 heteroatoms. The molecule has 31 heavy (non-hydrogen) atoms. The molecule has 0 aliphatic heterocycles. The lowest BCUT2D eigenvalue weighted by Gasteiger charge is -2.24. The van der Waals surface area contributed by atoms with Crippen LogP contribution in [0.3, 0.4) is 0 Å². The Morgan fingerprint density at radius 2 is 1.87 bits per heavy atom. The fourth-order valence-corrected chi connectivity index (χ4v) is 2.82. The van der Waals surface area contributed by atoms with Gasteiger partial charge < -0.3 is 25.5 Å². The molecular formula is C20H26F3IN4O3. The average Bonchev–Trinajstić information content (AvgIpc) is 3.03. The van der Waals surface area contributed by atoms with Crippen LogP contribution in [0.25, 0.3) is 0 Å². The zero-order valence-electron chi connectivity index (χ0n) is 17.6. The van der Waals surface area contributed by atoms with Crippen LogP contribution in [-0.2, 0) is 10.4 Å². The van der Waals surface area contributed by atoms with Crippen LogP contribution >= 0.6 is 24.0 Å². The largest absolute Gasteiger partial charge is 0.466 e. The molecule has 0 spiro atoms. The second-order valence-electron chi connectivity index (χ2n) is 6.92. The molecule has 1 heterocycles. The molecule has 1 unspecified atom stereocenters. The minimum absolute atomic E-state index is 0. The van der Waals surface area contributed by atoms with Crippen LogP contribution in [-0.4, -0.2) is 36.6 Å². The second kappa shape index (κ2) is 11.4. The Kier molecular flexibility index (Phi) is 9.81. The molecule has 2 aromatic rings. The Morgan fingerprint density at radius 3 is 2.45 bits per heavy atom. The highest BCUT2D eigenvalue weighted by molar-refractivity contribution is 14.0. The van der Waals surface area contributed by atoms with Crippen molar-refractivity contribution in [3.63, 3.8) is 0 Å². The van der Waals surface area contributed by atoms with Gasteiger partial charge in [-0.25, -0.2) is 18.2 Å². The summed E-state index contributed by atoms with van der Waals surface area (Å²) in [5, 5.41) is 18.7. The third kappa shape index (κ3) is 7.13.